The van der Waals surface area contributed by atoms with Gasteiger partial charge in [-0.2, -0.15) is 5.10 Å². The predicted molar refractivity (Wildman–Crippen MR) is 65.2 cm³/mol. The van der Waals surface area contributed by atoms with Crippen LogP contribution in [0.15, 0.2) is 36.5 Å². The van der Waals surface area contributed by atoms with Gasteiger partial charge in [0.05, 0.1) is 0 Å². The van der Waals surface area contributed by atoms with Gasteiger partial charge in [-0.25, -0.2) is 0 Å². The largest absolute Gasteiger partial charge is 0.399 e. The van der Waals surface area contributed by atoms with Crippen molar-refractivity contribution < 1.29 is 4.79 Å². The summed E-state index contributed by atoms with van der Waals surface area (Å²) in [5, 5.41) is 6.41. The highest BCUT2D eigenvalue weighted by molar-refractivity contribution is 5.91. The van der Waals surface area contributed by atoms with Gasteiger partial charge in [0.25, 0.3) is 5.91 Å². The van der Waals surface area contributed by atoms with E-state index < -0.39 is 0 Å². The van der Waals surface area contributed by atoms with Crippen molar-refractivity contribution in [2.75, 3.05) is 12.8 Å². The summed E-state index contributed by atoms with van der Waals surface area (Å²) in [6, 6.07) is 9.12. The monoisotopic (exact) mass is 230 g/mol. The van der Waals surface area contributed by atoms with Gasteiger partial charge in [0.2, 0.25) is 0 Å². The zero-order valence-electron chi connectivity index (χ0n) is 9.55. The molecule has 1 heterocycles. The number of nitrogens with one attached hydrogen (secondary N) is 1. The molecule has 0 bridgehead atoms. The first-order chi connectivity index (χ1) is 8.16. The van der Waals surface area contributed by atoms with Gasteiger partial charge in [0.15, 0.2) is 0 Å². The molecule has 0 aliphatic carbocycles. The molecular weight excluding hydrogens is 216 g/mol. The summed E-state index contributed by atoms with van der Waals surface area (Å²) in [5.41, 5.74) is 7.84. The lowest BCUT2D eigenvalue weighted by Crippen LogP contribution is -2.26. The van der Waals surface area contributed by atoms with Crippen LogP contribution in [-0.2, 0) is 6.54 Å². The number of carbonyl (C=O) groups is 1. The first-order valence-corrected chi connectivity index (χ1v) is 5.26. The molecule has 88 valence electrons. The molecule has 3 N–H and O–H groups in total. The van der Waals surface area contributed by atoms with Gasteiger partial charge in [-0.15, -0.1) is 0 Å². The third-order valence-corrected chi connectivity index (χ3v) is 2.48. The van der Waals surface area contributed by atoms with Gasteiger partial charge in [-0.1, -0.05) is 12.1 Å². The molecule has 0 saturated carbocycles. The molecule has 0 atom stereocenters. The molecule has 0 aliphatic rings. The van der Waals surface area contributed by atoms with E-state index in [-0.39, 0.29) is 5.91 Å². The Hall–Kier alpha value is -2.30. The number of benzene rings is 1. The zero-order chi connectivity index (χ0) is 12.3. The Kier molecular flexibility index (Phi) is 3.09. The Morgan fingerprint density at radius 1 is 1.35 bits per heavy atom. The van der Waals surface area contributed by atoms with Crippen LogP contribution in [0.2, 0.25) is 0 Å². The number of aromatic amines is 1. The maximum atomic E-state index is 11.9. The number of nitrogens with zero attached hydrogens (tertiary/aromatic N) is 2. The van der Waals surface area contributed by atoms with E-state index in [9.17, 15) is 4.79 Å². The second-order valence-corrected chi connectivity index (χ2v) is 3.87. The van der Waals surface area contributed by atoms with E-state index >= 15 is 0 Å². The molecule has 2 aromatic rings. The molecule has 0 spiro atoms. The SMILES string of the molecule is CN(Cc1ccc(N)cc1)C(=O)c1ccn[nH]1. The van der Waals surface area contributed by atoms with Gasteiger partial charge in [0.1, 0.15) is 5.69 Å². The van der Waals surface area contributed by atoms with Crippen LogP contribution >= 0.6 is 0 Å². The number of anilines is 1. The minimum atomic E-state index is -0.0840. The summed E-state index contributed by atoms with van der Waals surface area (Å²) in [6.07, 6.45) is 1.56. The molecule has 2 rings (SSSR count). The van der Waals surface area contributed by atoms with Crippen molar-refractivity contribution in [1.29, 1.82) is 0 Å². The topological polar surface area (TPSA) is 75.0 Å². The number of nitrogen functional groups attached to an aromatic ring is 1. The normalized spacial score (nSPS) is 10.2. The first kappa shape index (κ1) is 11.2. The van der Waals surface area contributed by atoms with Crippen molar-refractivity contribution in [1.82, 2.24) is 15.1 Å². The number of nitrogens with two attached hydrogens (primary N) is 1. The van der Waals surface area contributed by atoms with E-state index in [1.807, 2.05) is 24.3 Å². The van der Waals surface area contributed by atoms with Crippen molar-refractivity contribution >= 4 is 11.6 Å². The lowest BCUT2D eigenvalue weighted by molar-refractivity contribution is 0.0779. The number of rotatable bonds is 3. The highest BCUT2D eigenvalue weighted by atomic mass is 16.2. The third kappa shape index (κ3) is 2.63. The molecule has 1 aromatic carbocycles. The molecule has 1 aromatic heterocycles. The Balaban J connectivity index is 2.04. The van der Waals surface area contributed by atoms with Crippen LogP contribution in [0.3, 0.4) is 0 Å². The quantitative estimate of drug-likeness (QED) is 0.779. The summed E-state index contributed by atoms with van der Waals surface area (Å²) < 4.78 is 0. The number of hydrogen-bond donors (Lipinski definition) is 2. The fraction of sp³-hybridized carbons (Fsp3) is 0.167. The number of hydrogen-bond acceptors (Lipinski definition) is 3. The van der Waals surface area contributed by atoms with Crippen LogP contribution < -0.4 is 5.73 Å². The molecule has 0 aliphatic heterocycles. The van der Waals surface area contributed by atoms with E-state index in [1.165, 1.54) is 0 Å². The summed E-state index contributed by atoms with van der Waals surface area (Å²) in [5.74, 6) is -0.0840. The van der Waals surface area contributed by atoms with E-state index in [4.69, 9.17) is 5.73 Å². The zero-order valence-corrected chi connectivity index (χ0v) is 9.55. The van der Waals surface area contributed by atoms with Crippen LogP contribution in [0.25, 0.3) is 0 Å². The van der Waals surface area contributed by atoms with Crippen molar-refractivity contribution in [3.8, 4) is 0 Å². The standard InChI is InChI=1S/C12H14N4O/c1-16(12(17)11-6-7-14-15-11)8-9-2-4-10(13)5-3-9/h2-7H,8,13H2,1H3,(H,14,15). The molecule has 17 heavy (non-hydrogen) atoms. The molecule has 5 nitrogen and oxygen atoms in total. The highest BCUT2D eigenvalue weighted by Crippen LogP contribution is 2.09. The molecule has 1 amide bonds. The summed E-state index contributed by atoms with van der Waals surface area (Å²) in [4.78, 5) is 13.5. The van der Waals surface area contributed by atoms with Crippen LogP contribution in [0.5, 0.6) is 0 Å². The second-order valence-electron chi connectivity index (χ2n) is 3.87. The van der Waals surface area contributed by atoms with E-state index in [1.54, 1.807) is 24.2 Å². The number of carbonyl (C=O) groups excluding carboxylic acids is 1. The fourth-order valence-corrected chi connectivity index (χ4v) is 1.55. The minimum absolute atomic E-state index is 0.0840. The van der Waals surface area contributed by atoms with E-state index in [2.05, 4.69) is 10.2 Å². The Labute approximate surface area is 99.2 Å². The predicted octanol–water partition coefficient (Wildman–Crippen LogP) is 1.26. The summed E-state index contributed by atoms with van der Waals surface area (Å²) in [7, 11) is 1.75. The van der Waals surface area contributed by atoms with Gasteiger partial charge in [-0.3, -0.25) is 9.89 Å². The maximum absolute atomic E-state index is 11.9. The number of H-pyrrole nitrogens is 1. The summed E-state index contributed by atoms with van der Waals surface area (Å²) >= 11 is 0. The first-order valence-electron chi connectivity index (χ1n) is 5.26. The van der Waals surface area contributed by atoms with Crippen LogP contribution in [0.1, 0.15) is 16.1 Å². The van der Waals surface area contributed by atoms with Crippen LogP contribution in [-0.4, -0.2) is 28.1 Å². The summed E-state index contributed by atoms with van der Waals surface area (Å²) in [6.45, 7) is 0.540. The average Bonchev–Trinajstić information content (AvgIpc) is 2.84. The smallest absolute Gasteiger partial charge is 0.271 e. The molecule has 5 heteroatoms. The number of aromatic nitrogens is 2. The average molecular weight is 230 g/mol. The Morgan fingerprint density at radius 2 is 2.06 bits per heavy atom. The van der Waals surface area contributed by atoms with Crippen molar-refractivity contribution in [3.63, 3.8) is 0 Å². The maximum Gasteiger partial charge on any atom is 0.271 e. The molecule has 0 saturated heterocycles. The van der Waals surface area contributed by atoms with Gasteiger partial charge < -0.3 is 10.6 Å². The van der Waals surface area contributed by atoms with Crippen LogP contribution in [0, 0.1) is 0 Å². The van der Waals surface area contributed by atoms with Crippen LogP contribution in [0.4, 0.5) is 5.69 Å². The van der Waals surface area contributed by atoms with Gasteiger partial charge in [-0.05, 0) is 23.8 Å². The van der Waals surface area contributed by atoms with Crippen molar-refractivity contribution in [2.24, 2.45) is 0 Å². The third-order valence-electron chi connectivity index (χ3n) is 2.48. The molecule has 0 fully saturated rings. The van der Waals surface area contributed by atoms with Crippen molar-refractivity contribution in [3.05, 3.63) is 47.8 Å². The van der Waals surface area contributed by atoms with E-state index in [0.717, 1.165) is 11.3 Å². The highest BCUT2D eigenvalue weighted by Gasteiger charge is 2.12. The minimum Gasteiger partial charge on any atom is -0.399 e. The molecular formula is C12H14N4O. The van der Waals surface area contributed by atoms with E-state index in [0.29, 0.717) is 12.2 Å². The second kappa shape index (κ2) is 4.69. The van der Waals surface area contributed by atoms with Crippen molar-refractivity contribution in [2.45, 2.75) is 6.54 Å². The Bertz CT molecular complexity index is 490. The lowest BCUT2D eigenvalue weighted by atomic mass is 10.2. The van der Waals surface area contributed by atoms with Gasteiger partial charge >= 0.3 is 0 Å². The molecule has 0 radical (unpaired) electrons. The fourth-order valence-electron chi connectivity index (χ4n) is 1.55. The number of amides is 1. The Morgan fingerprint density at radius 3 is 2.65 bits per heavy atom. The van der Waals surface area contributed by atoms with Gasteiger partial charge in [0, 0.05) is 25.5 Å². The lowest BCUT2D eigenvalue weighted by Gasteiger charge is -2.16. The molecule has 0 unspecified atom stereocenters.